The Hall–Kier alpha value is -4.62. The summed E-state index contributed by atoms with van der Waals surface area (Å²) in [6.45, 7) is 1.85. The molecule has 1 aliphatic heterocycles. The summed E-state index contributed by atoms with van der Waals surface area (Å²) in [6, 6.07) is 32.6. The minimum atomic E-state index is -0.222. The Morgan fingerprint density at radius 3 is 1.95 bits per heavy atom. The molecule has 4 aromatic carbocycles. The van der Waals surface area contributed by atoms with Gasteiger partial charge in [-0.05, 0) is 67.5 Å². The summed E-state index contributed by atoms with van der Waals surface area (Å²) < 4.78 is 5.80. The molecular weight excluding hydrogens is 504 g/mol. The molecule has 1 aliphatic rings. The van der Waals surface area contributed by atoms with Gasteiger partial charge in [-0.3, -0.25) is 4.79 Å². The number of nitrogens with one attached hydrogen (secondary N) is 1. The van der Waals surface area contributed by atoms with Crippen molar-refractivity contribution in [1.82, 2.24) is 14.9 Å². The Labute approximate surface area is 232 Å². The van der Waals surface area contributed by atoms with Crippen LogP contribution in [-0.2, 0) is 0 Å². The number of hydrogen-bond acceptors (Lipinski definition) is 5. The van der Waals surface area contributed by atoms with E-state index in [0.717, 1.165) is 54.0 Å². The van der Waals surface area contributed by atoms with Crippen LogP contribution >= 0.6 is 12.2 Å². The number of rotatable bonds is 5. The van der Waals surface area contributed by atoms with Crippen LogP contribution < -0.4 is 10.1 Å². The van der Waals surface area contributed by atoms with Gasteiger partial charge in [0.2, 0.25) is 0 Å². The summed E-state index contributed by atoms with van der Waals surface area (Å²) in [5, 5.41) is 3.46. The van der Waals surface area contributed by atoms with E-state index in [2.05, 4.69) is 10.2 Å². The summed E-state index contributed by atoms with van der Waals surface area (Å²) in [4.78, 5) is 25.0. The second kappa shape index (κ2) is 11.0. The molecule has 1 N–H and O–H groups in total. The van der Waals surface area contributed by atoms with E-state index in [1.165, 1.54) is 0 Å². The fraction of sp³-hybridized carbons (Fsp3) is 0.125. The molecule has 1 amide bonds. The normalized spacial score (nSPS) is 12.9. The van der Waals surface area contributed by atoms with Crippen molar-refractivity contribution < 1.29 is 9.53 Å². The van der Waals surface area contributed by atoms with Gasteiger partial charge in [-0.1, -0.05) is 60.7 Å². The maximum Gasteiger partial charge on any atom is 0.264 e. The van der Waals surface area contributed by atoms with E-state index in [9.17, 15) is 4.79 Å². The van der Waals surface area contributed by atoms with Gasteiger partial charge in [0.1, 0.15) is 5.75 Å². The fourth-order valence-electron chi connectivity index (χ4n) is 4.67. The quantitative estimate of drug-likeness (QED) is 0.247. The number of carbonyl (C=O) groups is 1. The standard InChI is InChI=1S/C32H26N4O2S/c37-31(24-13-16-26(17-14-24)38-32(39)36-19-7-8-20-36)33-25-15-18-27-28(21-25)35-30(23-11-5-2-6-12-23)29(34-27)22-9-3-1-4-10-22/h1-6,9-18,21H,7-8,19-20H2,(H,33,37). The number of nitrogens with zero attached hydrogens (tertiary/aromatic N) is 3. The smallest absolute Gasteiger partial charge is 0.264 e. The summed E-state index contributed by atoms with van der Waals surface area (Å²) in [5.74, 6) is 0.396. The van der Waals surface area contributed by atoms with Crippen molar-refractivity contribution in [1.29, 1.82) is 0 Å². The second-order valence-corrected chi connectivity index (χ2v) is 9.75. The number of likely N-dealkylation sites (tertiary alicyclic amines) is 1. The Bertz CT molecular complexity index is 1630. The first kappa shape index (κ1) is 24.7. The lowest BCUT2D eigenvalue weighted by atomic mass is 10.0. The lowest BCUT2D eigenvalue weighted by Crippen LogP contribution is -2.30. The maximum atomic E-state index is 13.0. The number of fused-ring (bicyclic) bond motifs is 1. The molecule has 5 aromatic rings. The molecule has 0 spiro atoms. The average Bonchev–Trinajstić information content (AvgIpc) is 3.53. The van der Waals surface area contributed by atoms with Crippen LogP contribution in [0.4, 0.5) is 5.69 Å². The van der Waals surface area contributed by atoms with Gasteiger partial charge in [-0.2, -0.15) is 0 Å². The van der Waals surface area contributed by atoms with Gasteiger partial charge >= 0.3 is 0 Å². The molecule has 1 fully saturated rings. The van der Waals surface area contributed by atoms with Gasteiger partial charge in [0, 0.05) is 35.5 Å². The van der Waals surface area contributed by atoms with Gasteiger partial charge in [-0.25, -0.2) is 9.97 Å². The number of hydrogen-bond donors (Lipinski definition) is 1. The predicted molar refractivity (Wildman–Crippen MR) is 159 cm³/mol. The van der Waals surface area contributed by atoms with Crippen molar-refractivity contribution in [3.05, 3.63) is 109 Å². The third-order valence-corrected chi connectivity index (χ3v) is 7.04. The van der Waals surface area contributed by atoms with Gasteiger partial charge in [0.25, 0.3) is 11.1 Å². The lowest BCUT2D eigenvalue weighted by Gasteiger charge is -2.18. The van der Waals surface area contributed by atoms with Gasteiger partial charge in [0.15, 0.2) is 0 Å². The minimum Gasteiger partial charge on any atom is -0.432 e. The summed E-state index contributed by atoms with van der Waals surface area (Å²) in [6.07, 6.45) is 2.26. The zero-order chi connectivity index (χ0) is 26.6. The van der Waals surface area contributed by atoms with E-state index in [4.69, 9.17) is 26.9 Å². The van der Waals surface area contributed by atoms with E-state index in [-0.39, 0.29) is 5.91 Å². The minimum absolute atomic E-state index is 0.222. The van der Waals surface area contributed by atoms with Crippen molar-refractivity contribution in [2.24, 2.45) is 0 Å². The fourth-order valence-corrected chi connectivity index (χ4v) is 4.95. The first-order valence-corrected chi connectivity index (χ1v) is 13.4. The van der Waals surface area contributed by atoms with Crippen molar-refractivity contribution in [2.45, 2.75) is 12.8 Å². The summed E-state index contributed by atoms with van der Waals surface area (Å²) in [5.41, 5.74) is 6.20. The van der Waals surface area contributed by atoms with Gasteiger partial charge in [-0.15, -0.1) is 0 Å². The summed E-state index contributed by atoms with van der Waals surface area (Å²) in [7, 11) is 0. The molecule has 192 valence electrons. The molecular formula is C32H26N4O2S. The molecule has 7 heteroatoms. The number of benzene rings is 4. The highest BCUT2D eigenvalue weighted by Gasteiger charge is 2.17. The molecule has 6 nitrogen and oxygen atoms in total. The number of amides is 1. The molecule has 1 aromatic heterocycles. The highest BCUT2D eigenvalue weighted by Crippen LogP contribution is 2.31. The van der Waals surface area contributed by atoms with Crippen LogP contribution in [0, 0.1) is 0 Å². The third-order valence-electron chi connectivity index (χ3n) is 6.70. The first-order valence-electron chi connectivity index (χ1n) is 12.9. The van der Waals surface area contributed by atoms with Crippen LogP contribution in [0.5, 0.6) is 5.75 Å². The molecule has 0 bridgehead atoms. The second-order valence-electron chi connectivity index (χ2n) is 9.40. The zero-order valence-electron chi connectivity index (χ0n) is 21.2. The van der Waals surface area contributed by atoms with E-state index in [1.54, 1.807) is 24.3 Å². The number of ether oxygens (including phenoxy) is 1. The number of aromatic nitrogens is 2. The Morgan fingerprint density at radius 2 is 1.33 bits per heavy atom. The first-order chi connectivity index (χ1) is 19.1. The van der Waals surface area contributed by atoms with E-state index in [1.807, 2.05) is 78.9 Å². The molecule has 39 heavy (non-hydrogen) atoms. The molecule has 0 saturated carbocycles. The van der Waals surface area contributed by atoms with E-state index < -0.39 is 0 Å². The van der Waals surface area contributed by atoms with E-state index in [0.29, 0.717) is 27.7 Å². The molecule has 6 rings (SSSR count). The van der Waals surface area contributed by atoms with Gasteiger partial charge in [0.05, 0.1) is 22.4 Å². The largest absolute Gasteiger partial charge is 0.432 e. The molecule has 0 atom stereocenters. The topological polar surface area (TPSA) is 67.3 Å². The molecule has 0 radical (unpaired) electrons. The predicted octanol–water partition coefficient (Wildman–Crippen LogP) is 6.98. The highest BCUT2D eigenvalue weighted by molar-refractivity contribution is 7.80. The van der Waals surface area contributed by atoms with Crippen LogP contribution in [0.15, 0.2) is 103 Å². The molecule has 0 unspecified atom stereocenters. The monoisotopic (exact) mass is 530 g/mol. The Balaban J connectivity index is 1.24. The van der Waals surface area contributed by atoms with Crippen molar-refractivity contribution >= 4 is 40.0 Å². The molecule has 2 heterocycles. The zero-order valence-corrected chi connectivity index (χ0v) is 22.0. The van der Waals surface area contributed by atoms with E-state index >= 15 is 0 Å². The molecule has 1 saturated heterocycles. The van der Waals surface area contributed by atoms with Crippen molar-refractivity contribution in [3.63, 3.8) is 0 Å². The summed E-state index contributed by atoms with van der Waals surface area (Å²) >= 11 is 5.39. The average molecular weight is 531 g/mol. The third kappa shape index (κ3) is 5.49. The van der Waals surface area contributed by atoms with Crippen LogP contribution in [-0.4, -0.2) is 39.0 Å². The number of thiocarbonyl (C=S) groups is 1. The highest BCUT2D eigenvalue weighted by atomic mass is 32.1. The van der Waals surface area contributed by atoms with Crippen molar-refractivity contribution in [2.75, 3.05) is 18.4 Å². The lowest BCUT2D eigenvalue weighted by molar-refractivity contribution is 0.102. The Morgan fingerprint density at radius 1 is 0.744 bits per heavy atom. The Kier molecular flexibility index (Phi) is 6.97. The van der Waals surface area contributed by atoms with Crippen molar-refractivity contribution in [3.8, 4) is 28.3 Å². The number of carbonyl (C=O) groups excluding carboxylic acids is 1. The van der Waals surface area contributed by atoms with Crippen LogP contribution in [0.3, 0.4) is 0 Å². The van der Waals surface area contributed by atoms with Crippen LogP contribution in [0.2, 0.25) is 0 Å². The van der Waals surface area contributed by atoms with Gasteiger partial charge < -0.3 is 15.0 Å². The van der Waals surface area contributed by atoms with Crippen LogP contribution in [0.1, 0.15) is 23.2 Å². The maximum absolute atomic E-state index is 13.0. The SMILES string of the molecule is O=C(Nc1ccc2nc(-c3ccccc3)c(-c3ccccc3)nc2c1)c1ccc(OC(=S)N2CCCC2)cc1. The van der Waals surface area contributed by atoms with Crippen LogP contribution in [0.25, 0.3) is 33.5 Å². The number of anilines is 1. The molecule has 0 aliphatic carbocycles.